The van der Waals surface area contributed by atoms with Crippen molar-refractivity contribution < 1.29 is 49.3 Å². The fourth-order valence-electron chi connectivity index (χ4n) is 10.8. The molecule has 11 heteroatoms. The van der Waals surface area contributed by atoms with Crippen molar-refractivity contribution in [2.45, 2.75) is 372 Å². The number of hydrogen-bond acceptors (Lipinski definition) is 10. The molecule has 0 aromatic rings. The van der Waals surface area contributed by atoms with E-state index in [1.807, 2.05) is 6.08 Å². The Morgan fingerprint density at radius 3 is 1.30 bits per heavy atom. The van der Waals surface area contributed by atoms with Gasteiger partial charge < -0.3 is 45.1 Å². The maximum atomic E-state index is 13.5. The molecule has 474 valence electrons. The molecule has 0 aliphatic carbocycles. The van der Waals surface area contributed by atoms with Crippen LogP contribution in [0.15, 0.2) is 48.6 Å². The molecule has 1 heterocycles. The van der Waals surface area contributed by atoms with E-state index in [2.05, 4.69) is 62.5 Å². The highest BCUT2D eigenvalue weighted by Gasteiger charge is 2.47. The fraction of sp³-hybridized carbons (Fsp3) is 0.857. The summed E-state index contributed by atoms with van der Waals surface area (Å²) in [5.74, 6) is -1.19. The first-order valence-corrected chi connectivity index (χ1v) is 34.4. The number of rotatable bonds is 59. The predicted molar refractivity (Wildman–Crippen MR) is 338 cm³/mol. The Morgan fingerprint density at radius 1 is 0.481 bits per heavy atom. The minimum Gasteiger partial charge on any atom is -0.454 e. The Hall–Kier alpha value is -2.38. The van der Waals surface area contributed by atoms with Gasteiger partial charge in [0.15, 0.2) is 12.4 Å². The summed E-state index contributed by atoms with van der Waals surface area (Å²) in [7, 11) is 0. The smallest absolute Gasteiger partial charge is 0.306 e. The molecule has 1 fully saturated rings. The van der Waals surface area contributed by atoms with Crippen LogP contribution >= 0.6 is 0 Å². The summed E-state index contributed by atoms with van der Waals surface area (Å²) in [6.07, 6.45) is 61.4. The van der Waals surface area contributed by atoms with Crippen LogP contribution in [0.25, 0.3) is 0 Å². The monoisotopic (exact) mass is 1140 g/mol. The first-order chi connectivity index (χ1) is 39.7. The van der Waals surface area contributed by atoms with Gasteiger partial charge in [-0.3, -0.25) is 9.59 Å². The molecule has 81 heavy (non-hydrogen) atoms. The largest absolute Gasteiger partial charge is 0.454 e. The zero-order valence-corrected chi connectivity index (χ0v) is 52.7. The highest BCUT2D eigenvalue weighted by Crippen LogP contribution is 2.26. The number of amides is 1. The third kappa shape index (κ3) is 45.6. The first-order valence-electron chi connectivity index (χ1n) is 34.4. The zero-order chi connectivity index (χ0) is 58.9. The number of unbranched alkanes of at least 4 members (excludes halogenated alkanes) is 39. The zero-order valence-electron chi connectivity index (χ0n) is 52.7. The fourth-order valence-corrected chi connectivity index (χ4v) is 10.8. The van der Waals surface area contributed by atoms with Crippen LogP contribution in [0.3, 0.4) is 0 Å². The Bertz CT molecular complexity index is 1500. The van der Waals surface area contributed by atoms with Crippen molar-refractivity contribution in [3.63, 3.8) is 0 Å². The second kappa shape index (κ2) is 58.0. The maximum absolute atomic E-state index is 13.5. The van der Waals surface area contributed by atoms with Crippen molar-refractivity contribution in [2.75, 3.05) is 13.2 Å². The third-order valence-electron chi connectivity index (χ3n) is 16.2. The molecule has 1 rings (SSSR count). The molecular formula is C70H129NO10. The average molecular weight is 1140 g/mol. The lowest BCUT2D eigenvalue weighted by atomic mass is 9.99. The van der Waals surface area contributed by atoms with E-state index in [0.29, 0.717) is 19.3 Å². The molecule has 1 aliphatic rings. The van der Waals surface area contributed by atoms with E-state index in [9.17, 15) is 35.1 Å². The number of esters is 1. The number of carbonyl (C=O) groups excluding carboxylic acids is 2. The molecule has 0 bridgehead atoms. The second-order valence-corrected chi connectivity index (χ2v) is 23.9. The molecule has 1 aliphatic heterocycles. The number of aliphatic hydroxyl groups is 5. The van der Waals surface area contributed by atoms with Gasteiger partial charge in [0.2, 0.25) is 5.91 Å². The third-order valence-corrected chi connectivity index (χ3v) is 16.2. The molecule has 6 N–H and O–H groups in total. The van der Waals surface area contributed by atoms with E-state index in [1.54, 1.807) is 6.08 Å². The lowest BCUT2D eigenvalue weighted by Crippen LogP contribution is -2.61. The van der Waals surface area contributed by atoms with Crippen LogP contribution in [0.1, 0.15) is 323 Å². The van der Waals surface area contributed by atoms with Gasteiger partial charge in [0.1, 0.15) is 24.4 Å². The van der Waals surface area contributed by atoms with Crippen molar-refractivity contribution in [1.29, 1.82) is 0 Å². The average Bonchev–Trinajstić information content (AvgIpc) is 3.53. The van der Waals surface area contributed by atoms with Gasteiger partial charge in [0.05, 0.1) is 25.4 Å². The van der Waals surface area contributed by atoms with E-state index in [1.165, 1.54) is 199 Å². The Kier molecular flexibility index (Phi) is 54.9. The van der Waals surface area contributed by atoms with Gasteiger partial charge in [-0.25, -0.2) is 0 Å². The molecule has 8 atom stereocenters. The minimum atomic E-state index is -1.61. The summed E-state index contributed by atoms with van der Waals surface area (Å²) in [6, 6.07) is -1.02. The van der Waals surface area contributed by atoms with Crippen LogP contribution in [0.4, 0.5) is 0 Å². The molecule has 1 saturated heterocycles. The van der Waals surface area contributed by atoms with Gasteiger partial charge in [-0.05, 0) is 64.2 Å². The maximum Gasteiger partial charge on any atom is 0.306 e. The molecule has 1 amide bonds. The number of carbonyl (C=O) groups is 2. The van der Waals surface area contributed by atoms with E-state index in [-0.39, 0.29) is 13.0 Å². The van der Waals surface area contributed by atoms with Crippen LogP contribution in [0.2, 0.25) is 0 Å². The van der Waals surface area contributed by atoms with E-state index in [4.69, 9.17) is 14.2 Å². The lowest BCUT2D eigenvalue weighted by molar-refractivity contribution is -0.305. The number of ether oxygens (including phenoxy) is 3. The Morgan fingerprint density at radius 2 is 0.852 bits per heavy atom. The first kappa shape index (κ1) is 76.6. The van der Waals surface area contributed by atoms with Gasteiger partial charge in [0, 0.05) is 6.42 Å². The molecule has 0 spiro atoms. The van der Waals surface area contributed by atoms with Crippen LogP contribution in [0, 0.1) is 0 Å². The standard InChI is InChI=1S/C70H129NO10/c1-4-7-10-13-16-19-22-25-27-29-30-31-32-33-34-35-37-40-43-46-49-52-55-58-65(75)81-68-67(77)66(76)64(59-72)80-70(68)79-60-61(62(73)56-53-50-47-44-41-38-24-21-18-15-12-9-6-3)71-69(78)63(74)57-54-51-48-45-42-39-36-28-26-23-20-17-14-11-8-5-2/h16,19,25,27,30-31,53,56,61-64,66-68,70,72-74,76-77H,4-15,17-18,20-24,26,28-29,32-52,54-55,57-60H2,1-3H3,(H,71,78)/b19-16-,27-25-,31-30-,56-53+. The molecule has 8 unspecified atom stereocenters. The topological polar surface area (TPSA) is 175 Å². The van der Waals surface area contributed by atoms with Crippen LogP contribution in [0.5, 0.6) is 0 Å². The summed E-state index contributed by atoms with van der Waals surface area (Å²) < 4.78 is 17.7. The molecule has 0 saturated carbocycles. The summed E-state index contributed by atoms with van der Waals surface area (Å²) in [4.78, 5) is 26.6. The van der Waals surface area contributed by atoms with E-state index in [0.717, 1.165) is 77.0 Å². The van der Waals surface area contributed by atoms with Crippen molar-refractivity contribution in [3.05, 3.63) is 48.6 Å². The minimum absolute atomic E-state index is 0.120. The Labute approximate surface area is 497 Å². The number of aliphatic hydroxyl groups excluding tert-OH is 5. The van der Waals surface area contributed by atoms with Crippen molar-refractivity contribution in [1.82, 2.24) is 5.32 Å². The van der Waals surface area contributed by atoms with Crippen molar-refractivity contribution >= 4 is 11.9 Å². The number of nitrogens with one attached hydrogen (secondary N) is 1. The highest BCUT2D eigenvalue weighted by molar-refractivity contribution is 5.80. The quantitative estimate of drug-likeness (QED) is 0.0195. The van der Waals surface area contributed by atoms with Gasteiger partial charge in [0.25, 0.3) is 0 Å². The van der Waals surface area contributed by atoms with E-state index >= 15 is 0 Å². The van der Waals surface area contributed by atoms with Gasteiger partial charge in [-0.1, -0.05) is 301 Å². The Balaban J connectivity index is 2.61. The normalized spacial score (nSPS) is 18.9. The molecule has 11 nitrogen and oxygen atoms in total. The summed E-state index contributed by atoms with van der Waals surface area (Å²) in [5.41, 5.74) is 0. The lowest BCUT2D eigenvalue weighted by Gasteiger charge is -2.41. The van der Waals surface area contributed by atoms with Crippen molar-refractivity contribution in [2.24, 2.45) is 0 Å². The van der Waals surface area contributed by atoms with Gasteiger partial charge >= 0.3 is 5.97 Å². The number of allylic oxidation sites excluding steroid dienone is 7. The summed E-state index contributed by atoms with van der Waals surface area (Å²) >= 11 is 0. The van der Waals surface area contributed by atoms with Gasteiger partial charge in [-0.2, -0.15) is 0 Å². The van der Waals surface area contributed by atoms with Crippen LogP contribution in [-0.4, -0.2) is 99.6 Å². The second-order valence-electron chi connectivity index (χ2n) is 23.9. The molecule has 0 radical (unpaired) electrons. The summed E-state index contributed by atoms with van der Waals surface area (Å²) in [6.45, 7) is 5.80. The molecular weight excluding hydrogens is 1010 g/mol. The predicted octanol–water partition coefficient (Wildman–Crippen LogP) is 17.2. The van der Waals surface area contributed by atoms with Crippen LogP contribution < -0.4 is 5.32 Å². The number of hydrogen-bond donors (Lipinski definition) is 6. The summed E-state index contributed by atoms with van der Waals surface area (Å²) in [5, 5.41) is 57.2. The molecule has 0 aromatic heterocycles. The molecule has 0 aromatic carbocycles. The highest BCUT2D eigenvalue weighted by atomic mass is 16.7. The SMILES string of the molecule is CCCCC/C=C\C/C=C\C/C=C\CCCCCCCCCCCCC(=O)OC1C(OCC(NC(=O)C(O)CCCCCCCCCCCCCCCCCC)C(O)/C=C/CCCCCCCCCCCCC)OC(CO)C(O)C1O. The van der Waals surface area contributed by atoms with Gasteiger partial charge in [-0.15, -0.1) is 0 Å². The van der Waals surface area contributed by atoms with Crippen molar-refractivity contribution in [3.8, 4) is 0 Å². The van der Waals surface area contributed by atoms with E-state index < -0.39 is 67.4 Å². The van der Waals surface area contributed by atoms with Crippen LogP contribution in [-0.2, 0) is 23.8 Å².